The van der Waals surface area contributed by atoms with Crippen LogP contribution in [0, 0.1) is 0 Å². The van der Waals surface area contributed by atoms with Gasteiger partial charge in [0.1, 0.15) is 18.5 Å². The van der Waals surface area contributed by atoms with E-state index >= 15 is 0 Å². The number of aromatic nitrogens is 7. The van der Waals surface area contributed by atoms with Crippen LogP contribution in [-0.2, 0) is 11.3 Å². The second-order valence-electron chi connectivity index (χ2n) is 7.96. The van der Waals surface area contributed by atoms with Gasteiger partial charge in [0.25, 0.3) is 0 Å². The Morgan fingerprint density at radius 1 is 1.00 bits per heavy atom. The summed E-state index contributed by atoms with van der Waals surface area (Å²) in [5.41, 5.74) is 4.81. The number of halogens is 1. The van der Waals surface area contributed by atoms with Gasteiger partial charge in [0.2, 0.25) is 0 Å². The number of fused-ring (bicyclic) bond motifs is 2. The van der Waals surface area contributed by atoms with Crippen LogP contribution in [0.15, 0.2) is 49.2 Å². The number of hydrogen-bond donors (Lipinski definition) is 4. The Balaban J connectivity index is 0.985. The summed E-state index contributed by atoms with van der Waals surface area (Å²) in [6.45, 7) is 3.68. The van der Waals surface area contributed by atoms with E-state index in [4.69, 9.17) is 16.3 Å². The zero-order chi connectivity index (χ0) is 23.2. The van der Waals surface area contributed by atoms with Crippen LogP contribution in [0.1, 0.15) is 18.7 Å². The van der Waals surface area contributed by atoms with Gasteiger partial charge in [-0.15, -0.1) is 10.2 Å². The first-order chi connectivity index (χ1) is 16.8. The maximum Gasteiger partial charge on any atom is 0.123 e. The second-order valence-corrected chi connectivity index (χ2v) is 8.40. The van der Waals surface area contributed by atoms with Gasteiger partial charge in [-0.2, -0.15) is 5.10 Å². The van der Waals surface area contributed by atoms with E-state index in [0.717, 1.165) is 65.1 Å². The molecule has 0 aliphatic rings. The maximum atomic E-state index is 6.02. The molecule has 0 aliphatic carbocycles. The number of rotatable bonds is 12. The number of nitrogens with zero attached hydrogens (tertiary/aromatic N) is 5. The summed E-state index contributed by atoms with van der Waals surface area (Å²) < 4.78 is 7.66. The Labute approximate surface area is 201 Å². The molecule has 10 nitrogen and oxygen atoms in total. The highest BCUT2D eigenvalue weighted by molar-refractivity contribution is 6.31. The van der Waals surface area contributed by atoms with Crippen LogP contribution in [0.25, 0.3) is 27.6 Å². The summed E-state index contributed by atoms with van der Waals surface area (Å²) in [6, 6.07) is 9.75. The molecule has 2 aromatic carbocycles. The number of anilines is 1. The number of benzene rings is 2. The fraction of sp³-hybridized carbons (Fsp3) is 0.304. The highest BCUT2D eigenvalue weighted by atomic mass is 35.5. The van der Waals surface area contributed by atoms with Gasteiger partial charge in [0.05, 0.1) is 41.6 Å². The summed E-state index contributed by atoms with van der Waals surface area (Å²) >= 11 is 6.02. The quantitative estimate of drug-likeness (QED) is 0.201. The maximum absolute atomic E-state index is 6.02. The van der Waals surface area contributed by atoms with E-state index in [2.05, 4.69) is 47.1 Å². The SMILES string of the molecule is Clc1ccc2nc(CNCCCCOCCNc3cc(-n4cnnc4)cc4[nH]ncc34)[nH]c2c1. The van der Waals surface area contributed by atoms with Crippen LogP contribution < -0.4 is 10.6 Å². The van der Waals surface area contributed by atoms with Crippen molar-refractivity contribution in [1.82, 2.24) is 40.2 Å². The van der Waals surface area contributed by atoms with E-state index in [9.17, 15) is 0 Å². The fourth-order valence-electron chi connectivity index (χ4n) is 3.80. The van der Waals surface area contributed by atoms with Crippen molar-refractivity contribution < 1.29 is 4.74 Å². The minimum atomic E-state index is 0.630. The van der Waals surface area contributed by atoms with Gasteiger partial charge in [0.15, 0.2) is 0 Å². The van der Waals surface area contributed by atoms with E-state index in [0.29, 0.717) is 24.7 Å². The number of imidazole rings is 1. The van der Waals surface area contributed by atoms with Crippen LogP contribution in [0.3, 0.4) is 0 Å². The van der Waals surface area contributed by atoms with Crippen molar-refractivity contribution in [3.63, 3.8) is 0 Å². The van der Waals surface area contributed by atoms with E-state index in [1.54, 1.807) is 12.7 Å². The standard InChI is InChI=1S/C23H26ClN9O/c24-16-3-4-19-22(9-16)31-23(30-19)13-25-5-1-2-7-34-8-6-26-20-10-17(33-14-28-29-15-33)11-21-18(20)12-27-32-21/h3-4,9-12,14-15,25-26H,1-2,5-8,13H2,(H,27,32)(H,30,31). The van der Waals surface area contributed by atoms with Crippen molar-refractivity contribution >= 4 is 39.2 Å². The van der Waals surface area contributed by atoms with E-state index in [1.807, 2.05) is 35.0 Å². The molecule has 5 aromatic rings. The first kappa shape index (κ1) is 22.3. The van der Waals surface area contributed by atoms with E-state index in [-0.39, 0.29) is 0 Å². The molecule has 0 radical (unpaired) electrons. The van der Waals surface area contributed by atoms with Crippen molar-refractivity contribution in [2.45, 2.75) is 19.4 Å². The van der Waals surface area contributed by atoms with Gasteiger partial charge in [0, 0.05) is 29.2 Å². The van der Waals surface area contributed by atoms with Crippen LogP contribution in [0.5, 0.6) is 0 Å². The molecule has 3 aromatic heterocycles. The van der Waals surface area contributed by atoms with Crippen LogP contribution in [0.4, 0.5) is 5.69 Å². The smallest absolute Gasteiger partial charge is 0.123 e. The van der Waals surface area contributed by atoms with Crippen molar-refractivity contribution in [3.8, 4) is 5.69 Å². The average molecular weight is 480 g/mol. The average Bonchev–Trinajstić information content (AvgIpc) is 3.60. The van der Waals surface area contributed by atoms with Crippen molar-refractivity contribution in [3.05, 3.63) is 60.0 Å². The van der Waals surface area contributed by atoms with Gasteiger partial charge in [-0.3, -0.25) is 9.67 Å². The lowest BCUT2D eigenvalue weighted by Gasteiger charge is -2.11. The largest absolute Gasteiger partial charge is 0.382 e. The third-order valence-corrected chi connectivity index (χ3v) is 5.73. The number of nitrogens with one attached hydrogen (secondary N) is 4. The summed E-state index contributed by atoms with van der Waals surface area (Å²) in [7, 11) is 0. The molecular formula is C23H26ClN9O. The molecule has 176 valence electrons. The molecule has 0 atom stereocenters. The molecule has 0 amide bonds. The summed E-state index contributed by atoms with van der Waals surface area (Å²) in [5, 5.41) is 23.6. The molecular weight excluding hydrogens is 454 g/mol. The number of ether oxygens (including phenoxy) is 1. The molecule has 34 heavy (non-hydrogen) atoms. The Bertz CT molecular complexity index is 1350. The summed E-state index contributed by atoms with van der Waals surface area (Å²) in [4.78, 5) is 7.85. The monoisotopic (exact) mass is 479 g/mol. The first-order valence-corrected chi connectivity index (χ1v) is 11.6. The molecule has 0 saturated heterocycles. The molecule has 0 aliphatic heterocycles. The zero-order valence-corrected chi connectivity index (χ0v) is 19.3. The molecule has 4 N–H and O–H groups in total. The van der Waals surface area contributed by atoms with Crippen molar-refractivity contribution in [2.24, 2.45) is 0 Å². The number of unbranched alkanes of at least 4 members (excludes halogenated alkanes) is 1. The lowest BCUT2D eigenvalue weighted by Crippen LogP contribution is -2.16. The first-order valence-electron chi connectivity index (χ1n) is 11.2. The fourth-order valence-corrected chi connectivity index (χ4v) is 3.98. The Morgan fingerprint density at radius 3 is 2.82 bits per heavy atom. The third kappa shape index (κ3) is 5.36. The van der Waals surface area contributed by atoms with Crippen LogP contribution in [0.2, 0.25) is 5.02 Å². The molecule has 3 heterocycles. The Kier molecular flexibility index (Phi) is 6.99. The van der Waals surface area contributed by atoms with Crippen LogP contribution in [-0.4, -0.2) is 61.2 Å². The van der Waals surface area contributed by atoms with Gasteiger partial charge in [-0.05, 0) is 49.7 Å². The van der Waals surface area contributed by atoms with E-state index < -0.39 is 0 Å². The number of hydrogen-bond acceptors (Lipinski definition) is 7. The highest BCUT2D eigenvalue weighted by Crippen LogP contribution is 2.25. The number of aromatic amines is 2. The highest BCUT2D eigenvalue weighted by Gasteiger charge is 2.07. The zero-order valence-electron chi connectivity index (χ0n) is 18.6. The lowest BCUT2D eigenvalue weighted by atomic mass is 10.2. The van der Waals surface area contributed by atoms with Gasteiger partial charge < -0.3 is 20.4 Å². The van der Waals surface area contributed by atoms with Crippen LogP contribution >= 0.6 is 11.6 Å². The van der Waals surface area contributed by atoms with Crippen molar-refractivity contribution in [2.75, 3.05) is 31.6 Å². The molecule has 0 fully saturated rings. The molecule has 0 spiro atoms. The van der Waals surface area contributed by atoms with Gasteiger partial charge in [-0.1, -0.05) is 11.6 Å². The molecule has 11 heteroatoms. The Morgan fingerprint density at radius 2 is 1.91 bits per heavy atom. The van der Waals surface area contributed by atoms with Crippen molar-refractivity contribution in [1.29, 1.82) is 0 Å². The van der Waals surface area contributed by atoms with Gasteiger partial charge >= 0.3 is 0 Å². The molecule has 0 unspecified atom stereocenters. The second kappa shape index (κ2) is 10.6. The van der Waals surface area contributed by atoms with Gasteiger partial charge in [-0.25, -0.2) is 4.98 Å². The minimum absolute atomic E-state index is 0.630. The lowest BCUT2D eigenvalue weighted by molar-refractivity contribution is 0.140. The topological polar surface area (TPSA) is 121 Å². The molecule has 5 rings (SSSR count). The molecule has 0 saturated carbocycles. The Hall–Kier alpha value is -3.47. The van der Waals surface area contributed by atoms with E-state index in [1.165, 1.54) is 0 Å². The summed E-state index contributed by atoms with van der Waals surface area (Å²) in [5.74, 6) is 0.916. The molecule has 0 bridgehead atoms. The predicted molar refractivity (Wildman–Crippen MR) is 132 cm³/mol. The predicted octanol–water partition coefficient (Wildman–Crippen LogP) is 3.67. The third-order valence-electron chi connectivity index (χ3n) is 5.50. The normalized spacial score (nSPS) is 11.6. The summed E-state index contributed by atoms with van der Waals surface area (Å²) in [6.07, 6.45) is 7.20. The number of H-pyrrole nitrogens is 2. The minimum Gasteiger partial charge on any atom is -0.382 e.